The average Bonchev–Trinajstić information content (AvgIpc) is 3.47. The van der Waals surface area contributed by atoms with Crippen LogP contribution in [0.3, 0.4) is 0 Å². The largest absolute Gasteiger partial charge is 0.457 e. The molecule has 0 spiro atoms. The van der Waals surface area contributed by atoms with Gasteiger partial charge in [-0.1, -0.05) is 99.8 Å². The highest BCUT2D eigenvalue weighted by Gasteiger charge is 2.40. The number of hydrogen-bond acceptors (Lipinski definition) is 12. The van der Waals surface area contributed by atoms with Crippen LogP contribution in [0.25, 0.3) is 6.08 Å². The lowest BCUT2D eigenvalue weighted by Crippen LogP contribution is -2.42. The number of cyclic esters (lactones) is 2. The highest BCUT2D eigenvalue weighted by molar-refractivity contribution is 5.89. The molecule has 2 aliphatic heterocycles. The Balaban J connectivity index is 1.58. The number of methoxy groups -OCH3 is 1. The highest BCUT2D eigenvalue weighted by atomic mass is 16.6. The monoisotopic (exact) mass is 758 g/mol. The Morgan fingerprint density at radius 2 is 1.55 bits per heavy atom. The molecular formula is C43H54N2O10. The fourth-order valence-electron chi connectivity index (χ4n) is 5.77. The number of aliphatic hydroxyl groups is 1. The van der Waals surface area contributed by atoms with Gasteiger partial charge in [-0.15, -0.1) is 0 Å². The zero-order valence-corrected chi connectivity index (χ0v) is 32.8. The molecule has 6 atom stereocenters. The summed E-state index contributed by atoms with van der Waals surface area (Å²) in [4.78, 5) is 48.2. The summed E-state index contributed by atoms with van der Waals surface area (Å²) in [5, 5.41) is 10.9. The number of ketones is 1. The lowest BCUT2D eigenvalue weighted by Gasteiger charge is -2.36. The first-order valence-corrected chi connectivity index (χ1v) is 18.7. The number of fused-ring (bicyclic) bond motifs is 5. The van der Waals surface area contributed by atoms with Crippen molar-refractivity contribution in [3.05, 3.63) is 115 Å². The van der Waals surface area contributed by atoms with Gasteiger partial charge in [-0.3, -0.25) is 4.79 Å². The van der Waals surface area contributed by atoms with Crippen molar-refractivity contribution in [3.63, 3.8) is 0 Å². The van der Waals surface area contributed by atoms with Crippen LogP contribution in [0.15, 0.2) is 100 Å². The molecule has 4 rings (SSSR count). The van der Waals surface area contributed by atoms with Crippen LogP contribution >= 0.6 is 0 Å². The molecule has 2 aliphatic rings. The number of carbonyl (C=O) groups excluding carboxylic acids is 3. The van der Waals surface area contributed by atoms with Crippen LogP contribution in [0.2, 0.25) is 0 Å². The number of hydrogen-bond donors (Lipinski definition) is 1. The Morgan fingerprint density at radius 3 is 2.27 bits per heavy atom. The van der Waals surface area contributed by atoms with E-state index in [0.29, 0.717) is 31.6 Å². The maximum Gasteiger partial charge on any atom is 0.360 e. The number of esters is 2. The standard InChI is InChI=1S/C43H54N2O10/c1-8-18-34(46)42(3,4)36-23-14-12-10-11-13-20-29(50-7)26-39-45-31(28-52-39)41(49)55-37(43(5,6)35(47)19-9-2)24-17-22-33-32(53-33)21-15-16-25-38-44-30(27-51-38)40(48)54-36/h9-17,19-22,25,27-29,32-33,35-37,47H,8,18,23-24,26H2,1-7H3/b11-10-,14-12-,19-9+,20-13-,21-15-,22-17-,25-16-. The molecule has 4 bridgehead atoms. The number of oxazole rings is 2. The van der Waals surface area contributed by atoms with Crippen molar-refractivity contribution in [2.75, 3.05) is 7.11 Å². The predicted molar refractivity (Wildman–Crippen MR) is 207 cm³/mol. The fraction of sp³-hybridized carbons (Fsp3) is 0.465. The van der Waals surface area contributed by atoms with Gasteiger partial charge in [-0.25, -0.2) is 19.6 Å². The van der Waals surface area contributed by atoms with Gasteiger partial charge >= 0.3 is 11.9 Å². The summed E-state index contributed by atoms with van der Waals surface area (Å²) < 4.78 is 34.3. The van der Waals surface area contributed by atoms with E-state index in [1.807, 2.05) is 76.3 Å². The number of aliphatic hydroxyl groups excluding tert-OH is 1. The Morgan fingerprint density at radius 1 is 0.891 bits per heavy atom. The van der Waals surface area contributed by atoms with Gasteiger partial charge in [0.1, 0.15) is 42.7 Å². The van der Waals surface area contributed by atoms with Crippen molar-refractivity contribution in [2.45, 2.75) is 110 Å². The third-order valence-electron chi connectivity index (χ3n) is 9.67. The summed E-state index contributed by atoms with van der Waals surface area (Å²) in [5.74, 6) is -0.857. The number of rotatable bonds is 8. The molecule has 12 heteroatoms. The number of carbonyl (C=O) groups is 3. The van der Waals surface area contributed by atoms with Crippen LogP contribution in [0.1, 0.15) is 100.0 Å². The van der Waals surface area contributed by atoms with Crippen molar-refractivity contribution in [1.82, 2.24) is 9.97 Å². The molecule has 0 aliphatic carbocycles. The van der Waals surface area contributed by atoms with Crippen molar-refractivity contribution in [3.8, 4) is 0 Å². The van der Waals surface area contributed by atoms with E-state index < -0.39 is 47.2 Å². The minimum Gasteiger partial charge on any atom is -0.457 e. The maximum absolute atomic E-state index is 13.3. The van der Waals surface area contributed by atoms with Gasteiger partial charge in [-0.05, 0) is 27.2 Å². The van der Waals surface area contributed by atoms with E-state index in [1.165, 1.54) is 12.5 Å². The molecule has 4 heterocycles. The summed E-state index contributed by atoms with van der Waals surface area (Å²) in [5.41, 5.74) is -1.78. The van der Waals surface area contributed by atoms with Gasteiger partial charge in [0.05, 0.1) is 24.0 Å². The normalized spacial score (nSPS) is 27.5. The molecule has 6 unspecified atom stereocenters. The lowest BCUT2D eigenvalue weighted by atomic mass is 9.78. The highest BCUT2D eigenvalue weighted by Crippen LogP contribution is 2.33. The van der Waals surface area contributed by atoms with E-state index in [1.54, 1.807) is 57.4 Å². The number of nitrogens with zero attached hydrogens (tertiary/aromatic N) is 2. The number of aromatic nitrogens is 2. The second-order valence-corrected chi connectivity index (χ2v) is 14.6. The molecule has 0 saturated carbocycles. The van der Waals surface area contributed by atoms with Crippen molar-refractivity contribution in [1.29, 1.82) is 0 Å². The molecular weight excluding hydrogens is 704 g/mol. The van der Waals surface area contributed by atoms with Crippen LogP contribution in [0.4, 0.5) is 0 Å². The number of Topliss-reactive ketones (excluding diaryl/α,β-unsaturated/α-hetero) is 1. The Hall–Kier alpha value is -4.91. The lowest BCUT2D eigenvalue weighted by molar-refractivity contribution is -0.133. The Kier molecular flexibility index (Phi) is 15.7. The minimum atomic E-state index is -0.942. The average molecular weight is 759 g/mol. The van der Waals surface area contributed by atoms with Crippen LogP contribution in [0, 0.1) is 10.8 Å². The van der Waals surface area contributed by atoms with Crippen LogP contribution in [-0.2, 0) is 30.2 Å². The SMILES string of the molecule is C/C=C/C(O)C(C)(C)C1C/C=C\C2OC2/C=C\C=C/c2nc(co2)C(=O)OC(C(C)(C)C(=O)CCC)C\C=C/C=C\C=C/C(OC)Cc2nc(co2)C(=O)O1. The van der Waals surface area contributed by atoms with E-state index in [2.05, 4.69) is 9.97 Å². The zero-order chi connectivity index (χ0) is 40.0. The topological polar surface area (TPSA) is 164 Å². The summed E-state index contributed by atoms with van der Waals surface area (Å²) in [6.07, 6.45) is 26.4. The molecule has 55 heavy (non-hydrogen) atoms. The van der Waals surface area contributed by atoms with E-state index in [4.69, 9.17) is 27.8 Å². The predicted octanol–water partition coefficient (Wildman–Crippen LogP) is 7.69. The first kappa shape index (κ1) is 42.8. The van der Waals surface area contributed by atoms with Gasteiger partial charge in [0.2, 0.25) is 5.89 Å². The van der Waals surface area contributed by atoms with Gasteiger partial charge in [-0.2, -0.15) is 0 Å². The third kappa shape index (κ3) is 12.3. The fourth-order valence-corrected chi connectivity index (χ4v) is 5.77. The molecule has 0 aromatic carbocycles. The first-order chi connectivity index (χ1) is 26.3. The minimum absolute atomic E-state index is 0.00140. The van der Waals surface area contributed by atoms with E-state index in [9.17, 15) is 19.5 Å². The van der Waals surface area contributed by atoms with Gasteiger partial charge in [0.15, 0.2) is 17.3 Å². The molecule has 1 fully saturated rings. The van der Waals surface area contributed by atoms with E-state index in [-0.39, 0.29) is 41.7 Å². The number of epoxide rings is 1. The quantitative estimate of drug-likeness (QED) is 0.159. The third-order valence-corrected chi connectivity index (χ3v) is 9.67. The van der Waals surface area contributed by atoms with Crippen molar-refractivity contribution >= 4 is 23.8 Å². The molecule has 0 amide bonds. The summed E-state index contributed by atoms with van der Waals surface area (Å²) >= 11 is 0. The van der Waals surface area contributed by atoms with Crippen LogP contribution < -0.4 is 0 Å². The number of ether oxygens (including phenoxy) is 4. The van der Waals surface area contributed by atoms with E-state index in [0.717, 1.165) is 0 Å². The second-order valence-electron chi connectivity index (χ2n) is 14.6. The van der Waals surface area contributed by atoms with Crippen molar-refractivity contribution in [2.24, 2.45) is 10.8 Å². The smallest absolute Gasteiger partial charge is 0.360 e. The Bertz CT molecular complexity index is 1800. The van der Waals surface area contributed by atoms with Crippen LogP contribution in [0.5, 0.6) is 0 Å². The molecule has 2 aromatic rings. The van der Waals surface area contributed by atoms with Gasteiger partial charge in [0.25, 0.3) is 0 Å². The zero-order valence-electron chi connectivity index (χ0n) is 32.8. The van der Waals surface area contributed by atoms with Gasteiger partial charge in [0, 0.05) is 37.9 Å². The number of allylic oxidation sites excluding steroid dienone is 7. The first-order valence-electron chi connectivity index (χ1n) is 18.7. The molecule has 1 saturated heterocycles. The van der Waals surface area contributed by atoms with E-state index >= 15 is 0 Å². The molecule has 296 valence electrons. The van der Waals surface area contributed by atoms with Crippen molar-refractivity contribution < 1.29 is 47.3 Å². The maximum atomic E-state index is 13.3. The molecule has 0 radical (unpaired) electrons. The summed E-state index contributed by atoms with van der Waals surface area (Å²) in [7, 11) is 1.56. The molecule has 1 N–H and O–H groups in total. The Labute approximate surface area is 323 Å². The van der Waals surface area contributed by atoms with Crippen LogP contribution in [-0.4, -0.2) is 76.5 Å². The summed E-state index contributed by atoms with van der Waals surface area (Å²) in [6.45, 7) is 11.0. The molecule has 2 aromatic heterocycles. The second kappa shape index (κ2) is 20.1. The molecule has 12 nitrogen and oxygen atoms in total. The summed E-state index contributed by atoms with van der Waals surface area (Å²) in [6, 6.07) is 0. The van der Waals surface area contributed by atoms with Gasteiger partial charge < -0.3 is 32.9 Å².